The normalized spacial score (nSPS) is 23.5. The van der Waals surface area contributed by atoms with Crippen LogP contribution in [-0.2, 0) is 20.8 Å². The molecule has 1 atom stereocenters. The molecule has 0 radical (unpaired) electrons. The second kappa shape index (κ2) is 8.30. The highest BCUT2D eigenvalue weighted by Crippen LogP contribution is 2.45. The molecular weight excluding hydrogens is 316 g/mol. The van der Waals surface area contributed by atoms with E-state index >= 15 is 0 Å². The van der Waals surface area contributed by atoms with Crippen molar-refractivity contribution in [3.8, 4) is 0 Å². The third kappa shape index (κ3) is 4.05. The van der Waals surface area contributed by atoms with Crippen LogP contribution in [0, 0.1) is 11.3 Å². The highest BCUT2D eigenvalue weighted by Gasteiger charge is 2.52. The lowest BCUT2D eigenvalue weighted by Gasteiger charge is -2.41. The minimum Gasteiger partial charge on any atom is -0.384 e. The number of methoxy groups -OCH3 is 2. The van der Waals surface area contributed by atoms with E-state index in [-0.39, 0.29) is 17.2 Å². The van der Waals surface area contributed by atoms with Gasteiger partial charge < -0.3 is 14.4 Å². The Morgan fingerprint density at radius 2 is 1.84 bits per heavy atom. The van der Waals surface area contributed by atoms with Crippen molar-refractivity contribution >= 4 is 5.91 Å². The van der Waals surface area contributed by atoms with Gasteiger partial charge in [-0.2, -0.15) is 0 Å². The summed E-state index contributed by atoms with van der Waals surface area (Å²) in [5.41, 5.74) is 1.42. The molecule has 5 heteroatoms. The lowest BCUT2D eigenvalue weighted by molar-refractivity contribution is -0.134. The molecular formula is C20H30N2O3. The first kappa shape index (κ1) is 18.4. The van der Waals surface area contributed by atoms with E-state index in [4.69, 9.17) is 9.47 Å². The fourth-order valence-corrected chi connectivity index (χ4v) is 4.36. The van der Waals surface area contributed by atoms with Crippen molar-refractivity contribution in [2.75, 3.05) is 53.6 Å². The van der Waals surface area contributed by atoms with Crippen LogP contribution in [-0.4, -0.2) is 69.3 Å². The molecule has 0 saturated carbocycles. The first-order valence-corrected chi connectivity index (χ1v) is 9.21. The molecule has 2 heterocycles. The van der Waals surface area contributed by atoms with Crippen LogP contribution in [0.4, 0.5) is 0 Å². The number of nitrogens with zero attached hydrogens (tertiary/aromatic N) is 2. The van der Waals surface area contributed by atoms with Crippen molar-refractivity contribution in [1.82, 2.24) is 9.80 Å². The van der Waals surface area contributed by atoms with E-state index in [1.54, 1.807) is 14.2 Å². The molecule has 1 aromatic carbocycles. The third-order valence-corrected chi connectivity index (χ3v) is 5.85. The average Bonchev–Trinajstić information content (AvgIpc) is 2.89. The fourth-order valence-electron chi connectivity index (χ4n) is 4.36. The smallest absolute Gasteiger partial charge is 0.228 e. The minimum absolute atomic E-state index is 0.00627. The summed E-state index contributed by atoms with van der Waals surface area (Å²) in [6.07, 6.45) is 2.12. The molecule has 25 heavy (non-hydrogen) atoms. The topological polar surface area (TPSA) is 42.0 Å². The molecule has 0 unspecified atom stereocenters. The van der Waals surface area contributed by atoms with Crippen LogP contribution in [0.1, 0.15) is 18.4 Å². The first-order chi connectivity index (χ1) is 12.2. The largest absolute Gasteiger partial charge is 0.384 e. The van der Waals surface area contributed by atoms with Crippen molar-refractivity contribution in [1.29, 1.82) is 0 Å². The summed E-state index contributed by atoms with van der Waals surface area (Å²) in [4.78, 5) is 17.3. The fraction of sp³-hybridized carbons (Fsp3) is 0.650. The Kier molecular flexibility index (Phi) is 6.10. The third-order valence-electron chi connectivity index (χ3n) is 5.85. The molecule has 2 fully saturated rings. The molecule has 2 saturated heterocycles. The number of carbonyl (C=O) groups is 1. The molecule has 5 nitrogen and oxygen atoms in total. The van der Waals surface area contributed by atoms with E-state index in [9.17, 15) is 4.79 Å². The van der Waals surface area contributed by atoms with Gasteiger partial charge in [0.1, 0.15) is 0 Å². The number of piperidine rings is 1. The molecule has 1 aromatic rings. The number of carbonyl (C=O) groups excluding carboxylic acids is 1. The number of benzene rings is 1. The van der Waals surface area contributed by atoms with Gasteiger partial charge in [-0.25, -0.2) is 0 Å². The zero-order valence-corrected chi connectivity index (χ0v) is 15.4. The Balaban J connectivity index is 1.63. The van der Waals surface area contributed by atoms with Gasteiger partial charge in [-0.05, 0) is 31.5 Å². The lowest BCUT2D eigenvalue weighted by atomic mass is 9.71. The quantitative estimate of drug-likeness (QED) is 0.757. The van der Waals surface area contributed by atoms with Crippen molar-refractivity contribution in [2.45, 2.75) is 19.4 Å². The Bertz CT molecular complexity index is 555. The molecule has 0 aliphatic carbocycles. The molecule has 1 amide bonds. The SMILES string of the molecule is COCCN1CC2(CCN(Cc3ccccc3)CC2)[C@@H](COC)C1=O. The number of hydrogen-bond donors (Lipinski definition) is 0. The minimum atomic E-state index is -0.00627. The second-order valence-corrected chi connectivity index (χ2v) is 7.38. The second-order valence-electron chi connectivity index (χ2n) is 7.38. The summed E-state index contributed by atoms with van der Waals surface area (Å²) >= 11 is 0. The van der Waals surface area contributed by atoms with Crippen molar-refractivity contribution in [3.63, 3.8) is 0 Å². The van der Waals surface area contributed by atoms with Crippen LogP contribution >= 0.6 is 0 Å². The Morgan fingerprint density at radius 3 is 2.48 bits per heavy atom. The van der Waals surface area contributed by atoms with Crippen LogP contribution in [0.15, 0.2) is 30.3 Å². The van der Waals surface area contributed by atoms with Crippen molar-refractivity contribution in [3.05, 3.63) is 35.9 Å². The molecule has 2 aliphatic rings. The van der Waals surface area contributed by atoms with Crippen LogP contribution in [0.2, 0.25) is 0 Å². The van der Waals surface area contributed by atoms with Gasteiger partial charge in [-0.15, -0.1) is 0 Å². The number of ether oxygens (including phenoxy) is 2. The zero-order valence-electron chi connectivity index (χ0n) is 15.4. The molecule has 0 bridgehead atoms. The molecule has 138 valence electrons. The Hall–Kier alpha value is -1.43. The predicted molar refractivity (Wildman–Crippen MR) is 97.2 cm³/mol. The summed E-state index contributed by atoms with van der Waals surface area (Å²) < 4.78 is 10.6. The van der Waals surface area contributed by atoms with E-state index < -0.39 is 0 Å². The maximum Gasteiger partial charge on any atom is 0.228 e. The van der Waals surface area contributed by atoms with Crippen molar-refractivity contribution < 1.29 is 14.3 Å². The van der Waals surface area contributed by atoms with Crippen LogP contribution in [0.25, 0.3) is 0 Å². The van der Waals surface area contributed by atoms with Gasteiger partial charge in [0.05, 0.1) is 19.1 Å². The lowest BCUT2D eigenvalue weighted by Crippen LogP contribution is -2.45. The molecule has 0 aromatic heterocycles. The maximum absolute atomic E-state index is 12.8. The maximum atomic E-state index is 12.8. The van der Waals surface area contributed by atoms with E-state index in [2.05, 4.69) is 35.2 Å². The average molecular weight is 346 g/mol. The van der Waals surface area contributed by atoms with Crippen LogP contribution in [0.5, 0.6) is 0 Å². The Morgan fingerprint density at radius 1 is 1.12 bits per heavy atom. The highest BCUT2D eigenvalue weighted by molar-refractivity contribution is 5.82. The predicted octanol–water partition coefficient (Wildman–Crippen LogP) is 2.02. The first-order valence-electron chi connectivity index (χ1n) is 9.21. The van der Waals surface area contributed by atoms with Crippen molar-refractivity contribution in [2.24, 2.45) is 11.3 Å². The number of rotatable bonds is 7. The van der Waals surface area contributed by atoms with Crippen LogP contribution in [0.3, 0.4) is 0 Å². The van der Waals surface area contributed by atoms with E-state index in [0.717, 1.165) is 39.0 Å². The van der Waals surface area contributed by atoms with E-state index in [1.807, 2.05) is 4.90 Å². The summed E-state index contributed by atoms with van der Waals surface area (Å²) in [5.74, 6) is 0.239. The van der Waals surface area contributed by atoms with Gasteiger partial charge >= 0.3 is 0 Å². The van der Waals surface area contributed by atoms with Gasteiger partial charge in [-0.3, -0.25) is 9.69 Å². The van der Waals surface area contributed by atoms with Gasteiger partial charge in [0.25, 0.3) is 0 Å². The zero-order chi connectivity index (χ0) is 17.7. The molecule has 1 spiro atoms. The molecule has 2 aliphatic heterocycles. The van der Waals surface area contributed by atoms with Gasteiger partial charge in [0, 0.05) is 39.3 Å². The number of hydrogen-bond acceptors (Lipinski definition) is 4. The summed E-state index contributed by atoms with van der Waals surface area (Å²) in [6.45, 7) is 5.74. The van der Waals surface area contributed by atoms with E-state index in [0.29, 0.717) is 19.8 Å². The number of amides is 1. The van der Waals surface area contributed by atoms with Gasteiger partial charge in [0.15, 0.2) is 0 Å². The Labute approximate surface area is 150 Å². The summed E-state index contributed by atoms with van der Waals surface area (Å²) in [7, 11) is 3.38. The monoisotopic (exact) mass is 346 g/mol. The van der Waals surface area contributed by atoms with Crippen LogP contribution < -0.4 is 0 Å². The number of likely N-dealkylation sites (tertiary alicyclic amines) is 2. The van der Waals surface area contributed by atoms with Gasteiger partial charge in [-0.1, -0.05) is 30.3 Å². The van der Waals surface area contributed by atoms with E-state index in [1.165, 1.54) is 5.56 Å². The standard InChI is InChI=1S/C20H30N2O3/c1-24-13-12-22-16-20(18(15-25-2)19(22)23)8-10-21(11-9-20)14-17-6-4-3-5-7-17/h3-7,18H,8-16H2,1-2H3/t18-/m0/s1. The molecule has 0 N–H and O–H groups in total. The van der Waals surface area contributed by atoms with Gasteiger partial charge in [0.2, 0.25) is 5.91 Å². The summed E-state index contributed by atoms with van der Waals surface area (Å²) in [5, 5.41) is 0. The highest BCUT2D eigenvalue weighted by atomic mass is 16.5. The molecule has 3 rings (SSSR count). The summed E-state index contributed by atoms with van der Waals surface area (Å²) in [6, 6.07) is 10.6.